The topological polar surface area (TPSA) is 99.8 Å². The van der Waals surface area contributed by atoms with Crippen molar-refractivity contribution in [2.75, 3.05) is 11.4 Å². The molecule has 1 atom stereocenters. The zero-order chi connectivity index (χ0) is 20.5. The molecule has 4 aromatic rings. The molecule has 0 aliphatic carbocycles. The van der Waals surface area contributed by atoms with Crippen molar-refractivity contribution in [1.29, 1.82) is 0 Å². The van der Waals surface area contributed by atoms with Crippen LogP contribution in [0.2, 0.25) is 0 Å². The first-order chi connectivity index (χ1) is 14.7. The Labute approximate surface area is 170 Å². The highest BCUT2D eigenvalue weighted by atomic mass is 19.1. The number of imidazole rings is 1. The molecule has 0 radical (unpaired) electrons. The van der Waals surface area contributed by atoms with Gasteiger partial charge in [-0.3, -0.25) is 15.0 Å². The number of cyclic esters (lactones) is 1. The van der Waals surface area contributed by atoms with Gasteiger partial charge < -0.3 is 9.72 Å². The number of aromatic amines is 2. The zero-order valence-corrected chi connectivity index (χ0v) is 15.7. The van der Waals surface area contributed by atoms with Gasteiger partial charge in [0.2, 0.25) is 0 Å². The Morgan fingerprint density at radius 3 is 2.87 bits per heavy atom. The van der Waals surface area contributed by atoms with Crippen LogP contribution in [0.25, 0.3) is 22.5 Å². The fourth-order valence-electron chi connectivity index (χ4n) is 3.55. The number of carbonyl (C=O) groups excluding carboxylic acids is 1. The van der Waals surface area contributed by atoms with Gasteiger partial charge in [-0.25, -0.2) is 14.2 Å². The number of hydrogen-bond acceptors (Lipinski definition) is 5. The van der Waals surface area contributed by atoms with Crippen LogP contribution in [-0.2, 0) is 11.2 Å². The van der Waals surface area contributed by atoms with E-state index in [9.17, 15) is 4.79 Å². The molecule has 1 saturated heterocycles. The van der Waals surface area contributed by atoms with E-state index in [-0.39, 0.29) is 6.10 Å². The first-order valence-corrected chi connectivity index (χ1v) is 9.40. The summed E-state index contributed by atoms with van der Waals surface area (Å²) in [5, 5.41) is 6.89. The number of carbonyl (C=O) groups is 1. The number of ether oxygens (including phenoxy) is 1. The molecule has 0 bridgehead atoms. The molecule has 2 N–H and O–H groups in total. The van der Waals surface area contributed by atoms with Gasteiger partial charge in [-0.1, -0.05) is 6.07 Å². The zero-order valence-electron chi connectivity index (χ0n) is 15.7. The predicted molar refractivity (Wildman–Crippen MR) is 107 cm³/mol. The highest BCUT2D eigenvalue weighted by Gasteiger charge is 2.33. The number of benzene rings is 1. The lowest BCUT2D eigenvalue weighted by Gasteiger charge is -2.14. The van der Waals surface area contributed by atoms with Crippen molar-refractivity contribution in [3.63, 3.8) is 0 Å². The number of amides is 1. The molecule has 1 aliphatic rings. The Hall–Kier alpha value is -4.01. The maximum Gasteiger partial charge on any atom is 0.414 e. The quantitative estimate of drug-likeness (QED) is 0.530. The molecule has 0 saturated carbocycles. The molecule has 3 aromatic heterocycles. The van der Waals surface area contributed by atoms with Crippen molar-refractivity contribution >= 4 is 11.8 Å². The summed E-state index contributed by atoms with van der Waals surface area (Å²) in [6.07, 6.45) is 6.26. The third-order valence-corrected chi connectivity index (χ3v) is 4.96. The number of pyridine rings is 1. The number of H-pyrrole nitrogens is 2. The van der Waals surface area contributed by atoms with Gasteiger partial charge in [-0.05, 0) is 30.3 Å². The molecule has 0 spiro atoms. The van der Waals surface area contributed by atoms with Gasteiger partial charge in [0.15, 0.2) is 0 Å². The van der Waals surface area contributed by atoms with Crippen molar-refractivity contribution in [1.82, 2.24) is 25.1 Å². The minimum atomic E-state index is -0.505. The van der Waals surface area contributed by atoms with Crippen molar-refractivity contribution in [2.24, 2.45) is 0 Å². The average molecular weight is 404 g/mol. The molecule has 1 amide bonds. The maximum atomic E-state index is 15.0. The number of nitrogens with zero attached hydrogens (tertiary/aromatic N) is 4. The third kappa shape index (κ3) is 3.30. The van der Waals surface area contributed by atoms with Crippen molar-refractivity contribution in [3.05, 3.63) is 72.8 Å². The summed E-state index contributed by atoms with van der Waals surface area (Å²) in [7, 11) is 0. The average Bonchev–Trinajstić information content (AvgIpc) is 3.50. The molecule has 30 heavy (non-hydrogen) atoms. The summed E-state index contributed by atoms with van der Waals surface area (Å²) < 4.78 is 20.4. The molecule has 1 aromatic carbocycles. The van der Waals surface area contributed by atoms with Crippen LogP contribution in [0.15, 0.2) is 61.2 Å². The monoisotopic (exact) mass is 404 g/mol. The molecule has 4 heterocycles. The second-order valence-corrected chi connectivity index (χ2v) is 6.89. The number of hydrogen-bond donors (Lipinski definition) is 2. The van der Waals surface area contributed by atoms with E-state index >= 15 is 4.39 Å². The van der Waals surface area contributed by atoms with Gasteiger partial charge in [-0.2, -0.15) is 5.10 Å². The van der Waals surface area contributed by atoms with E-state index in [1.165, 1.54) is 11.0 Å². The smallest absolute Gasteiger partial charge is 0.414 e. The third-order valence-electron chi connectivity index (χ3n) is 4.96. The lowest BCUT2D eigenvalue weighted by molar-refractivity contribution is 0.140. The molecule has 150 valence electrons. The van der Waals surface area contributed by atoms with E-state index in [2.05, 4.69) is 25.1 Å². The molecular weight excluding hydrogens is 387 g/mol. The summed E-state index contributed by atoms with van der Waals surface area (Å²) in [5.41, 5.74) is 2.69. The van der Waals surface area contributed by atoms with Crippen molar-refractivity contribution in [3.8, 4) is 22.5 Å². The number of aromatic nitrogens is 5. The molecule has 8 nitrogen and oxygen atoms in total. The number of rotatable bonds is 5. The molecule has 5 rings (SSSR count). The standard InChI is InChI=1S/C21H17FN6O2/c22-17-9-13(28-12-14(30-21(28)29)10-19-24-7-8-25-19)4-5-15(17)20-16(11-26-27-20)18-3-1-2-6-23-18/h1-9,11,14H,10,12H2,(H,24,25)(H,26,27). The van der Waals surface area contributed by atoms with Gasteiger partial charge in [-0.15, -0.1) is 0 Å². The van der Waals surface area contributed by atoms with Crippen LogP contribution in [0.4, 0.5) is 14.9 Å². The second kappa shape index (κ2) is 7.43. The van der Waals surface area contributed by atoms with E-state index in [1.54, 1.807) is 36.9 Å². The van der Waals surface area contributed by atoms with Crippen LogP contribution < -0.4 is 4.90 Å². The Kier molecular flexibility index (Phi) is 4.47. The molecule has 1 unspecified atom stereocenters. The Balaban J connectivity index is 1.40. The van der Waals surface area contributed by atoms with E-state index in [4.69, 9.17) is 4.74 Å². The first-order valence-electron chi connectivity index (χ1n) is 9.40. The Morgan fingerprint density at radius 2 is 2.10 bits per heavy atom. The SMILES string of the molecule is O=C1OC(Cc2ncc[nH]2)CN1c1ccc(-c2[nH]ncc2-c2ccccn2)c(F)c1. The number of nitrogens with one attached hydrogen (secondary N) is 2. The molecule has 1 fully saturated rings. The van der Waals surface area contributed by atoms with E-state index in [1.807, 2.05) is 18.2 Å². The largest absolute Gasteiger partial charge is 0.443 e. The van der Waals surface area contributed by atoms with Crippen LogP contribution in [0.5, 0.6) is 0 Å². The van der Waals surface area contributed by atoms with Gasteiger partial charge >= 0.3 is 6.09 Å². The minimum Gasteiger partial charge on any atom is -0.443 e. The summed E-state index contributed by atoms with van der Waals surface area (Å²) in [5.74, 6) is 0.258. The van der Waals surface area contributed by atoms with Crippen LogP contribution in [-0.4, -0.2) is 43.9 Å². The Morgan fingerprint density at radius 1 is 1.17 bits per heavy atom. The minimum absolute atomic E-state index is 0.321. The predicted octanol–water partition coefficient (Wildman–Crippen LogP) is 3.57. The van der Waals surface area contributed by atoms with E-state index < -0.39 is 11.9 Å². The number of halogens is 1. The highest BCUT2D eigenvalue weighted by molar-refractivity contribution is 5.90. The van der Waals surface area contributed by atoms with Gasteiger partial charge in [0.25, 0.3) is 0 Å². The van der Waals surface area contributed by atoms with Crippen molar-refractivity contribution < 1.29 is 13.9 Å². The van der Waals surface area contributed by atoms with E-state index in [0.717, 1.165) is 5.82 Å². The van der Waals surface area contributed by atoms with E-state index in [0.29, 0.717) is 41.2 Å². The molecule has 9 heteroatoms. The van der Waals surface area contributed by atoms with Crippen LogP contribution in [0.3, 0.4) is 0 Å². The lowest BCUT2D eigenvalue weighted by atomic mass is 10.0. The summed E-state index contributed by atoms with van der Waals surface area (Å²) in [4.78, 5) is 25.2. The van der Waals surface area contributed by atoms with Crippen LogP contribution in [0.1, 0.15) is 5.82 Å². The second-order valence-electron chi connectivity index (χ2n) is 6.89. The van der Waals surface area contributed by atoms with Crippen LogP contribution >= 0.6 is 0 Å². The lowest BCUT2D eigenvalue weighted by Crippen LogP contribution is -2.25. The van der Waals surface area contributed by atoms with Gasteiger partial charge in [0.05, 0.1) is 29.8 Å². The number of anilines is 1. The Bertz CT molecular complexity index is 1180. The van der Waals surface area contributed by atoms with Gasteiger partial charge in [0.1, 0.15) is 17.7 Å². The summed E-state index contributed by atoms with van der Waals surface area (Å²) >= 11 is 0. The van der Waals surface area contributed by atoms with Crippen molar-refractivity contribution in [2.45, 2.75) is 12.5 Å². The fourth-order valence-corrected chi connectivity index (χ4v) is 3.55. The normalized spacial score (nSPS) is 16.1. The van der Waals surface area contributed by atoms with Gasteiger partial charge in [0, 0.05) is 36.1 Å². The fraction of sp³-hybridized carbons (Fsp3) is 0.143. The molecular formula is C21H17FN6O2. The highest BCUT2D eigenvalue weighted by Crippen LogP contribution is 2.33. The van der Waals surface area contributed by atoms with Crippen LogP contribution in [0, 0.1) is 5.82 Å². The summed E-state index contributed by atoms with van der Waals surface area (Å²) in [6, 6.07) is 10.1. The molecule has 1 aliphatic heterocycles. The maximum absolute atomic E-state index is 15.0. The first kappa shape index (κ1) is 18.0. The summed E-state index contributed by atoms with van der Waals surface area (Å²) in [6.45, 7) is 0.321.